The Morgan fingerprint density at radius 3 is 2.57 bits per heavy atom. The van der Waals surface area contributed by atoms with Crippen LogP contribution >= 0.6 is 0 Å². The Hall–Kier alpha value is -3.88. The van der Waals surface area contributed by atoms with Crippen LogP contribution in [0.3, 0.4) is 0 Å². The van der Waals surface area contributed by atoms with Gasteiger partial charge in [-0.3, -0.25) is 19.5 Å². The van der Waals surface area contributed by atoms with Crippen LogP contribution in [0.15, 0.2) is 48.5 Å². The molecule has 0 radical (unpaired) electrons. The average Bonchev–Trinajstić information content (AvgIpc) is 3.21. The molecule has 0 bridgehead atoms. The Morgan fingerprint density at radius 2 is 1.80 bits per heavy atom. The zero-order valence-corrected chi connectivity index (χ0v) is 16.4. The summed E-state index contributed by atoms with van der Waals surface area (Å²) >= 11 is 0. The minimum atomic E-state index is -0.582. The molecule has 9 heteroatoms. The minimum Gasteiger partial charge on any atom is -0.497 e. The van der Waals surface area contributed by atoms with Crippen molar-refractivity contribution >= 4 is 28.7 Å². The van der Waals surface area contributed by atoms with Gasteiger partial charge in [0.2, 0.25) is 0 Å². The fourth-order valence-electron chi connectivity index (χ4n) is 2.71. The largest absolute Gasteiger partial charge is 0.497 e. The van der Waals surface area contributed by atoms with Gasteiger partial charge in [0.1, 0.15) is 5.75 Å². The molecule has 0 atom stereocenters. The number of fused-ring (bicyclic) bond motifs is 1. The Labute approximate surface area is 172 Å². The third-order valence-corrected chi connectivity index (χ3v) is 4.31. The molecule has 2 aromatic carbocycles. The van der Waals surface area contributed by atoms with E-state index in [1.807, 2.05) is 30.3 Å². The van der Waals surface area contributed by atoms with Gasteiger partial charge in [0.05, 0.1) is 19.0 Å². The number of ether oxygens (including phenoxy) is 2. The first kappa shape index (κ1) is 20.8. The molecule has 0 aliphatic rings. The van der Waals surface area contributed by atoms with Crippen molar-refractivity contribution in [2.45, 2.75) is 13.0 Å². The van der Waals surface area contributed by atoms with Crippen molar-refractivity contribution in [3.05, 3.63) is 59.8 Å². The standard InChI is InChI=1S/C21H22N4O5/c1-29-15-8-6-14(7-9-15)12-23-18(26)13-30-19(27)10-11-22-21(28)20-16-4-2-3-5-17(16)24-25-20/h2-9H,10-13H2,1H3,(H,22,28)(H,23,26)(H,24,25). The van der Waals surface area contributed by atoms with Gasteiger partial charge in [-0.05, 0) is 23.8 Å². The highest BCUT2D eigenvalue weighted by Gasteiger charge is 2.14. The first-order chi connectivity index (χ1) is 14.6. The Kier molecular flexibility index (Phi) is 6.99. The molecule has 2 amide bonds. The summed E-state index contributed by atoms with van der Waals surface area (Å²) in [5.74, 6) is -0.656. The summed E-state index contributed by atoms with van der Waals surface area (Å²) in [4.78, 5) is 35.8. The molecule has 3 rings (SSSR count). The fraction of sp³-hybridized carbons (Fsp3) is 0.238. The van der Waals surface area contributed by atoms with Crippen LogP contribution in [0.4, 0.5) is 0 Å². The molecule has 30 heavy (non-hydrogen) atoms. The highest BCUT2D eigenvalue weighted by Crippen LogP contribution is 2.14. The number of esters is 1. The van der Waals surface area contributed by atoms with Crippen LogP contribution in [0.2, 0.25) is 0 Å². The summed E-state index contributed by atoms with van der Waals surface area (Å²) in [6, 6.07) is 14.5. The van der Waals surface area contributed by atoms with Crippen molar-refractivity contribution in [3.8, 4) is 5.75 Å². The normalized spacial score (nSPS) is 10.4. The highest BCUT2D eigenvalue weighted by molar-refractivity contribution is 6.04. The van der Waals surface area contributed by atoms with Crippen LogP contribution in [0, 0.1) is 0 Å². The Morgan fingerprint density at radius 1 is 1.03 bits per heavy atom. The number of benzene rings is 2. The molecule has 0 aliphatic carbocycles. The van der Waals surface area contributed by atoms with E-state index in [2.05, 4.69) is 20.8 Å². The molecule has 0 spiro atoms. The third-order valence-electron chi connectivity index (χ3n) is 4.31. The molecule has 9 nitrogen and oxygen atoms in total. The lowest BCUT2D eigenvalue weighted by Gasteiger charge is -2.08. The monoisotopic (exact) mass is 410 g/mol. The lowest BCUT2D eigenvalue weighted by molar-refractivity contribution is -0.148. The lowest BCUT2D eigenvalue weighted by Crippen LogP contribution is -2.30. The van der Waals surface area contributed by atoms with Gasteiger partial charge in [-0.2, -0.15) is 5.10 Å². The van der Waals surface area contributed by atoms with Gasteiger partial charge in [0.25, 0.3) is 11.8 Å². The number of nitrogens with one attached hydrogen (secondary N) is 3. The van der Waals surface area contributed by atoms with Gasteiger partial charge < -0.3 is 20.1 Å². The van der Waals surface area contributed by atoms with E-state index in [1.165, 1.54) is 0 Å². The molecule has 1 aromatic heterocycles. The Balaban J connectivity index is 1.34. The number of hydrogen-bond donors (Lipinski definition) is 3. The van der Waals surface area contributed by atoms with Crippen molar-refractivity contribution in [2.24, 2.45) is 0 Å². The summed E-state index contributed by atoms with van der Waals surface area (Å²) in [5, 5.41) is 12.8. The first-order valence-corrected chi connectivity index (χ1v) is 9.33. The van der Waals surface area contributed by atoms with Gasteiger partial charge in [-0.1, -0.05) is 30.3 Å². The molecule has 1 heterocycles. The van der Waals surface area contributed by atoms with Crippen LogP contribution in [0.25, 0.3) is 10.9 Å². The smallest absolute Gasteiger partial charge is 0.308 e. The van der Waals surface area contributed by atoms with E-state index in [-0.39, 0.29) is 25.3 Å². The number of para-hydroxylation sites is 1. The van der Waals surface area contributed by atoms with Crippen LogP contribution in [0.5, 0.6) is 5.75 Å². The number of H-pyrrole nitrogens is 1. The van der Waals surface area contributed by atoms with E-state index in [9.17, 15) is 14.4 Å². The molecule has 0 fully saturated rings. The molecule has 3 aromatic rings. The summed E-state index contributed by atoms with van der Waals surface area (Å²) in [6.07, 6.45) is -0.0557. The molecule has 0 unspecified atom stereocenters. The van der Waals surface area contributed by atoms with E-state index in [0.717, 1.165) is 16.8 Å². The molecule has 0 saturated carbocycles. The number of nitrogens with zero attached hydrogens (tertiary/aromatic N) is 1. The van der Waals surface area contributed by atoms with Crippen molar-refractivity contribution < 1.29 is 23.9 Å². The van der Waals surface area contributed by atoms with Crippen LogP contribution in [0.1, 0.15) is 22.5 Å². The predicted octanol–water partition coefficient (Wildman–Crippen LogP) is 1.55. The maximum absolute atomic E-state index is 12.2. The second-order valence-electron chi connectivity index (χ2n) is 6.41. The highest BCUT2D eigenvalue weighted by atomic mass is 16.5. The molecule has 0 saturated heterocycles. The maximum atomic E-state index is 12.2. The van der Waals surface area contributed by atoms with Crippen molar-refractivity contribution in [2.75, 3.05) is 20.3 Å². The maximum Gasteiger partial charge on any atom is 0.308 e. The zero-order valence-electron chi connectivity index (χ0n) is 16.4. The van der Waals surface area contributed by atoms with E-state index in [1.54, 1.807) is 25.3 Å². The van der Waals surface area contributed by atoms with Gasteiger partial charge in [0, 0.05) is 18.5 Å². The van der Waals surface area contributed by atoms with Crippen molar-refractivity contribution in [1.29, 1.82) is 0 Å². The van der Waals surface area contributed by atoms with Gasteiger partial charge in [-0.25, -0.2) is 0 Å². The number of carbonyl (C=O) groups is 3. The number of methoxy groups -OCH3 is 1. The second-order valence-corrected chi connectivity index (χ2v) is 6.41. The molecule has 0 aliphatic heterocycles. The van der Waals surface area contributed by atoms with Crippen molar-refractivity contribution in [3.63, 3.8) is 0 Å². The fourth-order valence-corrected chi connectivity index (χ4v) is 2.71. The summed E-state index contributed by atoms with van der Waals surface area (Å²) in [6.45, 7) is 0.00726. The third kappa shape index (κ3) is 5.57. The minimum absolute atomic E-state index is 0.0557. The van der Waals surface area contributed by atoms with Crippen LogP contribution < -0.4 is 15.4 Å². The number of carbonyl (C=O) groups excluding carboxylic acids is 3. The lowest BCUT2D eigenvalue weighted by atomic mass is 10.2. The van der Waals surface area contributed by atoms with E-state index in [0.29, 0.717) is 11.9 Å². The van der Waals surface area contributed by atoms with E-state index >= 15 is 0 Å². The quantitative estimate of drug-likeness (QED) is 0.460. The second kappa shape index (κ2) is 10.1. The summed E-state index contributed by atoms with van der Waals surface area (Å²) < 4.78 is 10.00. The molecular weight excluding hydrogens is 388 g/mol. The van der Waals surface area contributed by atoms with Crippen molar-refractivity contribution in [1.82, 2.24) is 20.8 Å². The first-order valence-electron chi connectivity index (χ1n) is 9.33. The number of aromatic nitrogens is 2. The van der Waals surface area contributed by atoms with E-state index < -0.39 is 17.8 Å². The Bertz CT molecular complexity index is 1030. The summed E-state index contributed by atoms with van der Waals surface area (Å²) in [5.41, 5.74) is 1.91. The molecule has 156 valence electrons. The van der Waals surface area contributed by atoms with Crippen LogP contribution in [-0.2, 0) is 20.9 Å². The molecular formula is C21H22N4O5. The topological polar surface area (TPSA) is 122 Å². The number of aromatic amines is 1. The van der Waals surface area contributed by atoms with Gasteiger partial charge >= 0.3 is 5.97 Å². The predicted molar refractivity (Wildman–Crippen MR) is 109 cm³/mol. The molecule has 3 N–H and O–H groups in total. The van der Waals surface area contributed by atoms with Gasteiger partial charge in [0.15, 0.2) is 12.3 Å². The summed E-state index contributed by atoms with van der Waals surface area (Å²) in [7, 11) is 1.58. The SMILES string of the molecule is COc1ccc(CNC(=O)COC(=O)CCNC(=O)c2n[nH]c3ccccc23)cc1. The number of rotatable bonds is 9. The number of amides is 2. The number of hydrogen-bond acceptors (Lipinski definition) is 6. The van der Waals surface area contributed by atoms with Gasteiger partial charge in [-0.15, -0.1) is 0 Å². The van der Waals surface area contributed by atoms with Crippen LogP contribution in [-0.4, -0.2) is 48.2 Å². The van der Waals surface area contributed by atoms with E-state index in [4.69, 9.17) is 9.47 Å². The zero-order chi connectivity index (χ0) is 21.3. The average molecular weight is 410 g/mol.